The highest BCUT2D eigenvalue weighted by Crippen LogP contribution is 2.25. The number of rotatable bonds is 6. The number of benzene rings is 2. The highest BCUT2D eigenvalue weighted by atomic mass is 32.2. The van der Waals surface area contributed by atoms with Crippen molar-refractivity contribution in [3.8, 4) is 0 Å². The summed E-state index contributed by atoms with van der Waals surface area (Å²) in [6, 6.07) is 12.1. The third-order valence-corrected chi connectivity index (χ3v) is 5.26. The molecule has 0 aromatic heterocycles. The fraction of sp³-hybridized carbons (Fsp3) is 0.188. The van der Waals surface area contributed by atoms with Crippen molar-refractivity contribution in [1.82, 2.24) is 4.31 Å². The van der Waals surface area contributed by atoms with Gasteiger partial charge in [-0.1, -0.05) is 24.3 Å². The van der Waals surface area contributed by atoms with E-state index in [1.165, 1.54) is 31.3 Å². The molecule has 2 aromatic rings. The predicted molar refractivity (Wildman–Crippen MR) is 92.7 cm³/mol. The van der Waals surface area contributed by atoms with E-state index in [4.69, 9.17) is 0 Å². The number of aryl methyl sites for hydroxylation is 1. The van der Waals surface area contributed by atoms with Crippen LogP contribution in [-0.4, -0.2) is 37.1 Å². The molecule has 1 N–H and O–H groups in total. The standard InChI is InChI=1S/C16H17N3O5S/c1-12-8-9-14(15(10-12)19(21)22)17-16(20)11-18(2)25(23,24)13-6-4-3-5-7-13/h3-10H,11H2,1-2H3,(H,17,20). The maximum Gasteiger partial charge on any atom is 0.293 e. The van der Waals surface area contributed by atoms with Gasteiger partial charge in [-0.2, -0.15) is 4.31 Å². The molecule has 0 aliphatic carbocycles. The molecule has 1 amide bonds. The number of nitrogens with one attached hydrogen (secondary N) is 1. The van der Waals surface area contributed by atoms with E-state index >= 15 is 0 Å². The van der Waals surface area contributed by atoms with E-state index in [0.717, 1.165) is 4.31 Å². The summed E-state index contributed by atoms with van der Waals surface area (Å²) in [7, 11) is -2.55. The summed E-state index contributed by atoms with van der Waals surface area (Å²) in [6.45, 7) is 1.22. The second-order valence-corrected chi connectivity index (χ2v) is 7.44. The van der Waals surface area contributed by atoms with Crippen molar-refractivity contribution in [1.29, 1.82) is 0 Å². The molecule has 8 nitrogen and oxygen atoms in total. The maximum atomic E-state index is 12.4. The van der Waals surface area contributed by atoms with Gasteiger partial charge in [0, 0.05) is 13.1 Å². The third kappa shape index (κ3) is 4.40. The number of hydrogen-bond acceptors (Lipinski definition) is 5. The van der Waals surface area contributed by atoms with Crippen LogP contribution >= 0.6 is 0 Å². The second kappa shape index (κ2) is 7.41. The number of carbonyl (C=O) groups is 1. The molecule has 0 atom stereocenters. The number of nitro benzene ring substituents is 1. The first-order chi connectivity index (χ1) is 11.7. The number of hydrogen-bond donors (Lipinski definition) is 1. The summed E-state index contributed by atoms with van der Waals surface area (Å²) in [5.41, 5.74) is 0.446. The number of nitro groups is 1. The fourth-order valence-electron chi connectivity index (χ4n) is 2.15. The highest BCUT2D eigenvalue weighted by Gasteiger charge is 2.24. The van der Waals surface area contributed by atoms with Gasteiger partial charge in [0.15, 0.2) is 0 Å². The van der Waals surface area contributed by atoms with Gasteiger partial charge in [-0.05, 0) is 30.7 Å². The van der Waals surface area contributed by atoms with Crippen molar-refractivity contribution >= 4 is 27.3 Å². The first-order valence-electron chi connectivity index (χ1n) is 7.28. The molecule has 0 saturated carbocycles. The molecule has 0 unspecified atom stereocenters. The minimum atomic E-state index is -3.82. The van der Waals surface area contributed by atoms with Crippen LogP contribution in [-0.2, 0) is 14.8 Å². The Morgan fingerprint density at radius 1 is 1.20 bits per heavy atom. The summed E-state index contributed by atoms with van der Waals surface area (Å²) in [4.78, 5) is 22.6. The third-order valence-electron chi connectivity index (χ3n) is 3.44. The number of nitrogens with zero attached hydrogens (tertiary/aromatic N) is 2. The van der Waals surface area contributed by atoms with Crippen LogP contribution in [0, 0.1) is 17.0 Å². The van der Waals surface area contributed by atoms with Gasteiger partial charge in [-0.25, -0.2) is 8.42 Å². The summed E-state index contributed by atoms with van der Waals surface area (Å²) < 4.78 is 25.6. The molecule has 0 fully saturated rings. The Morgan fingerprint density at radius 3 is 2.44 bits per heavy atom. The average molecular weight is 363 g/mol. The van der Waals surface area contributed by atoms with Crippen LogP contribution in [0.4, 0.5) is 11.4 Å². The lowest BCUT2D eigenvalue weighted by Crippen LogP contribution is -2.35. The van der Waals surface area contributed by atoms with Crippen molar-refractivity contribution in [2.24, 2.45) is 0 Å². The van der Waals surface area contributed by atoms with Gasteiger partial charge in [0.25, 0.3) is 5.69 Å². The zero-order chi connectivity index (χ0) is 18.6. The van der Waals surface area contributed by atoms with Crippen molar-refractivity contribution in [3.63, 3.8) is 0 Å². The SMILES string of the molecule is Cc1ccc(NC(=O)CN(C)S(=O)(=O)c2ccccc2)c([N+](=O)[O-])c1. The van der Waals surface area contributed by atoms with Crippen LogP contribution < -0.4 is 5.32 Å². The first-order valence-corrected chi connectivity index (χ1v) is 8.72. The van der Waals surface area contributed by atoms with Gasteiger partial charge in [-0.15, -0.1) is 0 Å². The van der Waals surface area contributed by atoms with E-state index in [1.807, 2.05) is 0 Å². The molecule has 132 valence electrons. The van der Waals surface area contributed by atoms with Crippen LogP contribution in [0.15, 0.2) is 53.4 Å². The summed E-state index contributed by atoms with van der Waals surface area (Å²) in [5.74, 6) is -0.672. The Labute approximate surface area is 145 Å². The van der Waals surface area contributed by atoms with Gasteiger partial charge in [0.2, 0.25) is 15.9 Å². The van der Waals surface area contributed by atoms with Gasteiger partial charge in [0.05, 0.1) is 16.4 Å². The van der Waals surface area contributed by atoms with Gasteiger partial charge >= 0.3 is 0 Å². The Kier molecular flexibility index (Phi) is 5.50. The van der Waals surface area contributed by atoms with Crippen LogP contribution in [0.25, 0.3) is 0 Å². The number of amides is 1. The molecule has 0 heterocycles. The fourth-order valence-corrected chi connectivity index (χ4v) is 3.30. The molecular formula is C16H17N3O5S. The van der Waals surface area contributed by atoms with E-state index in [2.05, 4.69) is 5.32 Å². The quantitative estimate of drug-likeness (QED) is 0.625. The van der Waals surface area contributed by atoms with Gasteiger partial charge < -0.3 is 5.32 Å². The highest BCUT2D eigenvalue weighted by molar-refractivity contribution is 7.89. The minimum Gasteiger partial charge on any atom is -0.319 e. The van der Waals surface area contributed by atoms with E-state index in [0.29, 0.717) is 5.56 Å². The van der Waals surface area contributed by atoms with Crippen molar-refractivity contribution in [2.45, 2.75) is 11.8 Å². The lowest BCUT2D eigenvalue weighted by atomic mass is 10.2. The number of carbonyl (C=O) groups excluding carboxylic acids is 1. The number of likely N-dealkylation sites (N-methyl/N-ethyl adjacent to an activating group) is 1. The van der Waals surface area contributed by atoms with E-state index in [-0.39, 0.29) is 16.3 Å². The normalized spacial score (nSPS) is 11.3. The summed E-state index contributed by atoms with van der Waals surface area (Å²) in [6.07, 6.45) is 0. The zero-order valence-electron chi connectivity index (χ0n) is 13.7. The predicted octanol–water partition coefficient (Wildman–Crippen LogP) is 2.16. The van der Waals surface area contributed by atoms with E-state index < -0.39 is 27.4 Å². The molecule has 0 aliphatic heterocycles. The largest absolute Gasteiger partial charge is 0.319 e. The average Bonchev–Trinajstić information content (AvgIpc) is 2.57. The molecule has 25 heavy (non-hydrogen) atoms. The monoisotopic (exact) mass is 363 g/mol. The maximum absolute atomic E-state index is 12.4. The number of sulfonamides is 1. The Hall–Kier alpha value is -2.78. The first kappa shape index (κ1) is 18.6. The van der Waals surface area contributed by atoms with Crippen molar-refractivity contribution in [3.05, 3.63) is 64.2 Å². The van der Waals surface area contributed by atoms with Gasteiger partial charge in [0.1, 0.15) is 5.69 Å². The molecule has 0 saturated heterocycles. The van der Waals surface area contributed by atoms with E-state index in [1.54, 1.807) is 31.2 Å². The molecule has 0 radical (unpaired) electrons. The topological polar surface area (TPSA) is 110 Å². The molecule has 2 aromatic carbocycles. The lowest BCUT2D eigenvalue weighted by Gasteiger charge is -2.17. The van der Waals surface area contributed by atoms with Gasteiger partial charge in [-0.3, -0.25) is 14.9 Å². The summed E-state index contributed by atoms with van der Waals surface area (Å²) in [5, 5.41) is 13.5. The Morgan fingerprint density at radius 2 is 1.84 bits per heavy atom. The molecule has 0 aliphatic rings. The number of anilines is 1. The Balaban J connectivity index is 2.14. The van der Waals surface area contributed by atoms with Crippen molar-refractivity contribution in [2.75, 3.05) is 18.9 Å². The van der Waals surface area contributed by atoms with Crippen molar-refractivity contribution < 1.29 is 18.1 Å². The molecule has 0 bridgehead atoms. The van der Waals surface area contributed by atoms with Crippen LogP contribution in [0.2, 0.25) is 0 Å². The smallest absolute Gasteiger partial charge is 0.293 e. The van der Waals surface area contributed by atoms with E-state index in [9.17, 15) is 23.3 Å². The second-order valence-electron chi connectivity index (χ2n) is 5.40. The van der Waals surface area contributed by atoms with Crippen LogP contribution in [0.3, 0.4) is 0 Å². The molecule has 9 heteroatoms. The van der Waals surface area contributed by atoms with Crippen LogP contribution in [0.5, 0.6) is 0 Å². The lowest BCUT2D eigenvalue weighted by molar-refractivity contribution is -0.384. The zero-order valence-corrected chi connectivity index (χ0v) is 14.5. The Bertz CT molecular complexity index is 897. The molecule has 2 rings (SSSR count). The summed E-state index contributed by atoms with van der Waals surface area (Å²) >= 11 is 0. The minimum absolute atomic E-state index is 0.0195. The molecule has 0 spiro atoms. The molecular weight excluding hydrogens is 346 g/mol. The van der Waals surface area contributed by atoms with Crippen LogP contribution in [0.1, 0.15) is 5.56 Å².